The zero-order valence-corrected chi connectivity index (χ0v) is 10.1. The van der Waals surface area contributed by atoms with Crippen LogP contribution < -0.4 is 0 Å². The number of ketones is 1. The van der Waals surface area contributed by atoms with E-state index in [0.29, 0.717) is 0 Å². The number of non-ortho nitro benzene ring substituents is 1. The monoisotopic (exact) mass is 257 g/mol. The highest BCUT2D eigenvalue weighted by Gasteiger charge is 2.24. The highest BCUT2D eigenvalue weighted by Crippen LogP contribution is 2.15. The molecule has 1 aromatic rings. The number of nitro benzene ring substituents is 1. The van der Waals surface area contributed by atoms with E-state index in [1.54, 1.807) is 0 Å². The van der Waals surface area contributed by atoms with Gasteiger partial charge in [-0.1, -0.05) is 0 Å². The van der Waals surface area contributed by atoms with Crippen molar-refractivity contribution in [2.45, 2.75) is 12.2 Å². The molecular formula is C10H11NO5S. The molecule has 1 rings (SSSR count). The minimum absolute atomic E-state index is 0.145. The average molecular weight is 257 g/mol. The van der Waals surface area contributed by atoms with Crippen LogP contribution in [0.4, 0.5) is 5.69 Å². The van der Waals surface area contributed by atoms with Crippen molar-refractivity contribution in [1.82, 2.24) is 0 Å². The Morgan fingerprint density at radius 3 is 2.12 bits per heavy atom. The number of carbonyl (C=O) groups is 1. The van der Waals surface area contributed by atoms with Gasteiger partial charge in [0.05, 0.1) is 4.92 Å². The van der Waals surface area contributed by atoms with Gasteiger partial charge < -0.3 is 0 Å². The van der Waals surface area contributed by atoms with Crippen molar-refractivity contribution in [1.29, 1.82) is 0 Å². The van der Waals surface area contributed by atoms with Gasteiger partial charge in [-0.3, -0.25) is 14.9 Å². The molecule has 0 saturated heterocycles. The maximum atomic E-state index is 11.7. The number of rotatable bonds is 4. The number of carbonyl (C=O) groups excluding carboxylic acids is 1. The standard InChI is InChI=1S/C10H11NO5S/c1-7(17(2,15)16)10(12)8-3-5-9(6-4-8)11(13)14/h3-7H,1-2H3/t7-/m0/s1. The lowest BCUT2D eigenvalue weighted by Crippen LogP contribution is -2.26. The van der Waals surface area contributed by atoms with E-state index in [0.717, 1.165) is 6.26 Å². The lowest BCUT2D eigenvalue weighted by molar-refractivity contribution is -0.384. The number of hydrogen-bond donors (Lipinski definition) is 0. The van der Waals surface area contributed by atoms with Crippen LogP contribution in [0.5, 0.6) is 0 Å². The molecule has 0 bridgehead atoms. The third kappa shape index (κ3) is 3.10. The summed E-state index contributed by atoms with van der Waals surface area (Å²) in [5.41, 5.74) is 0.00193. The van der Waals surface area contributed by atoms with E-state index in [1.807, 2.05) is 0 Å². The molecule has 0 aliphatic heterocycles. The van der Waals surface area contributed by atoms with Crippen molar-refractivity contribution < 1.29 is 18.1 Å². The number of nitro groups is 1. The molecule has 1 atom stereocenters. The van der Waals surface area contributed by atoms with Gasteiger partial charge >= 0.3 is 0 Å². The van der Waals surface area contributed by atoms with Crippen LogP contribution in [0.2, 0.25) is 0 Å². The van der Waals surface area contributed by atoms with Crippen LogP contribution in [0.1, 0.15) is 17.3 Å². The summed E-state index contributed by atoms with van der Waals surface area (Å²) >= 11 is 0. The molecule has 6 nitrogen and oxygen atoms in total. The van der Waals surface area contributed by atoms with Gasteiger partial charge in [-0.05, 0) is 19.1 Å². The second kappa shape index (κ2) is 4.62. The molecule has 0 aliphatic rings. The van der Waals surface area contributed by atoms with E-state index in [4.69, 9.17) is 0 Å². The Morgan fingerprint density at radius 2 is 1.76 bits per heavy atom. The van der Waals surface area contributed by atoms with Crippen molar-refractivity contribution >= 4 is 21.3 Å². The van der Waals surface area contributed by atoms with Crippen molar-refractivity contribution in [2.24, 2.45) is 0 Å². The first-order valence-corrected chi connectivity index (χ1v) is 6.66. The van der Waals surface area contributed by atoms with Crippen LogP contribution in [0.15, 0.2) is 24.3 Å². The van der Waals surface area contributed by atoms with Crippen LogP contribution in [0.3, 0.4) is 0 Å². The zero-order valence-electron chi connectivity index (χ0n) is 9.28. The molecule has 1 aromatic carbocycles. The Labute approximate surface area is 98.3 Å². The molecule has 7 heteroatoms. The minimum Gasteiger partial charge on any atom is -0.293 e. The van der Waals surface area contributed by atoms with E-state index in [9.17, 15) is 23.3 Å². The van der Waals surface area contributed by atoms with Crippen molar-refractivity contribution in [2.75, 3.05) is 6.26 Å². The van der Waals surface area contributed by atoms with Crippen LogP contribution >= 0.6 is 0 Å². The zero-order chi connectivity index (χ0) is 13.2. The number of sulfone groups is 1. The summed E-state index contributed by atoms with van der Waals surface area (Å²) in [4.78, 5) is 21.5. The smallest absolute Gasteiger partial charge is 0.269 e. The van der Waals surface area contributed by atoms with E-state index < -0.39 is 25.8 Å². The summed E-state index contributed by atoms with van der Waals surface area (Å²) in [7, 11) is -3.46. The third-order valence-electron chi connectivity index (χ3n) is 2.37. The van der Waals surface area contributed by atoms with E-state index >= 15 is 0 Å². The summed E-state index contributed by atoms with van der Waals surface area (Å²) in [6, 6.07) is 4.84. The quantitative estimate of drug-likeness (QED) is 0.459. The SMILES string of the molecule is C[C@@H](C(=O)c1ccc([N+](=O)[O-])cc1)S(C)(=O)=O. The first kappa shape index (κ1) is 13.3. The van der Waals surface area contributed by atoms with E-state index in [-0.39, 0.29) is 11.3 Å². The highest BCUT2D eigenvalue weighted by molar-refractivity contribution is 7.92. The number of Topliss-reactive ketones (excluding diaryl/α,β-unsaturated/α-hetero) is 1. The van der Waals surface area contributed by atoms with Crippen molar-refractivity contribution in [3.8, 4) is 0 Å². The molecule has 17 heavy (non-hydrogen) atoms. The predicted molar refractivity (Wildman–Crippen MR) is 61.7 cm³/mol. The van der Waals surface area contributed by atoms with E-state index in [2.05, 4.69) is 0 Å². The lowest BCUT2D eigenvalue weighted by Gasteiger charge is -2.07. The summed E-state index contributed by atoms with van der Waals surface area (Å²) in [5, 5.41) is 9.25. The molecule has 0 amide bonds. The number of hydrogen-bond acceptors (Lipinski definition) is 5. The van der Waals surface area contributed by atoms with Gasteiger partial charge in [-0.25, -0.2) is 8.42 Å². The van der Waals surface area contributed by atoms with Gasteiger partial charge in [0.25, 0.3) is 5.69 Å². The maximum Gasteiger partial charge on any atom is 0.269 e. The first-order valence-electron chi connectivity index (χ1n) is 4.71. The second-order valence-corrected chi connectivity index (χ2v) is 6.01. The Hall–Kier alpha value is -1.76. The molecule has 0 spiro atoms. The van der Waals surface area contributed by atoms with Gasteiger partial charge in [0, 0.05) is 24.0 Å². The Morgan fingerprint density at radius 1 is 1.29 bits per heavy atom. The molecule has 0 N–H and O–H groups in total. The highest BCUT2D eigenvalue weighted by atomic mass is 32.2. The second-order valence-electron chi connectivity index (χ2n) is 3.64. The summed E-state index contributed by atoms with van der Waals surface area (Å²) in [6.45, 7) is 1.29. The number of benzene rings is 1. The lowest BCUT2D eigenvalue weighted by atomic mass is 10.1. The van der Waals surface area contributed by atoms with Gasteiger partial charge in [0.1, 0.15) is 5.25 Å². The topological polar surface area (TPSA) is 94.3 Å². The largest absolute Gasteiger partial charge is 0.293 e. The predicted octanol–water partition coefficient (Wildman–Crippen LogP) is 1.21. The van der Waals surface area contributed by atoms with Crippen LogP contribution in [0, 0.1) is 10.1 Å². The maximum absolute atomic E-state index is 11.7. The Kier molecular flexibility index (Phi) is 3.62. The van der Waals surface area contributed by atoms with Crippen molar-refractivity contribution in [3.63, 3.8) is 0 Å². The molecule has 0 fully saturated rings. The number of nitrogens with zero attached hydrogens (tertiary/aromatic N) is 1. The van der Waals surface area contributed by atoms with Crippen molar-refractivity contribution in [3.05, 3.63) is 39.9 Å². The van der Waals surface area contributed by atoms with Crippen LogP contribution in [-0.2, 0) is 9.84 Å². The summed E-state index contributed by atoms with van der Waals surface area (Å²) < 4.78 is 22.4. The third-order valence-corrected chi connectivity index (χ3v) is 3.87. The molecule has 0 heterocycles. The molecular weight excluding hydrogens is 246 g/mol. The summed E-state index contributed by atoms with van der Waals surface area (Å²) in [5.74, 6) is -0.567. The normalized spacial score (nSPS) is 13.1. The molecule has 0 radical (unpaired) electrons. The Balaban J connectivity index is 3.03. The fourth-order valence-electron chi connectivity index (χ4n) is 1.18. The fraction of sp³-hybridized carbons (Fsp3) is 0.300. The summed E-state index contributed by atoms with van der Waals surface area (Å²) in [6.07, 6.45) is 0.973. The molecule has 0 saturated carbocycles. The van der Waals surface area contributed by atoms with Gasteiger partial charge in [0.15, 0.2) is 15.6 Å². The van der Waals surface area contributed by atoms with Crippen LogP contribution in [0.25, 0.3) is 0 Å². The first-order chi connectivity index (χ1) is 7.73. The molecule has 0 unspecified atom stereocenters. The van der Waals surface area contributed by atoms with E-state index in [1.165, 1.54) is 31.2 Å². The minimum atomic E-state index is -3.46. The molecule has 0 aliphatic carbocycles. The van der Waals surface area contributed by atoms with Gasteiger partial charge in [-0.2, -0.15) is 0 Å². The van der Waals surface area contributed by atoms with Crippen LogP contribution in [-0.4, -0.2) is 30.6 Å². The van der Waals surface area contributed by atoms with Gasteiger partial charge in [-0.15, -0.1) is 0 Å². The fourth-order valence-corrected chi connectivity index (χ4v) is 1.70. The average Bonchev–Trinajstić information content (AvgIpc) is 2.26. The Bertz CT molecular complexity index is 547. The molecule has 0 aromatic heterocycles. The molecule has 92 valence electrons. The van der Waals surface area contributed by atoms with Gasteiger partial charge in [0.2, 0.25) is 0 Å².